The second-order valence-electron chi connectivity index (χ2n) is 2.63. The van der Waals surface area contributed by atoms with Crippen molar-refractivity contribution in [1.82, 2.24) is 5.59 Å². The summed E-state index contributed by atoms with van der Waals surface area (Å²) in [6.45, 7) is 1.92. The van der Waals surface area contributed by atoms with Gasteiger partial charge < -0.3 is 4.84 Å². The van der Waals surface area contributed by atoms with E-state index in [2.05, 4.69) is 10.7 Å². The summed E-state index contributed by atoms with van der Waals surface area (Å²) in [5, 5.41) is 6.15. The summed E-state index contributed by atoms with van der Waals surface area (Å²) >= 11 is 5.95. The molecule has 1 aliphatic heterocycles. The molecule has 0 saturated heterocycles. The van der Waals surface area contributed by atoms with Crippen molar-refractivity contribution in [2.75, 3.05) is 5.12 Å². The van der Waals surface area contributed by atoms with Crippen LogP contribution in [0.15, 0.2) is 23.3 Å². The Morgan fingerprint density at radius 1 is 1.54 bits per heavy atom. The second-order valence-corrected chi connectivity index (χ2v) is 3.03. The van der Waals surface area contributed by atoms with Gasteiger partial charge in [-0.25, -0.2) is 0 Å². The maximum absolute atomic E-state index is 5.95. The van der Waals surface area contributed by atoms with Gasteiger partial charge in [0.15, 0.2) is 0 Å². The molecule has 13 heavy (non-hydrogen) atoms. The quantitative estimate of drug-likeness (QED) is 0.747. The molecule has 0 radical (unpaired) electrons. The van der Waals surface area contributed by atoms with Crippen LogP contribution in [0.5, 0.6) is 0 Å². The zero-order valence-electron chi connectivity index (χ0n) is 6.99. The lowest BCUT2D eigenvalue weighted by molar-refractivity contribution is 0.211. The van der Waals surface area contributed by atoms with Gasteiger partial charge in [-0.1, -0.05) is 17.7 Å². The van der Waals surface area contributed by atoms with Crippen molar-refractivity contribution in [2.45, 2.75) is 6.92 Å². The number of hydrazine groups is 1. The molecule has 0 amide bonds. The van der Waals surface area contributed by atoms with Crippen molar-refractivity contribution < 1.29 is 4.84 Å². The first-order chi connectivity index (χ1) is 6.29. The molecule has 1 aliphatic rings. The molecule has 4 nitrogen and oxygen atoms in total. The van der Waals surface area contributed by atoms with Crippen LogP contribution in [-0.2, 0) is 4.84 Å². The zero-order valence-corrected chi connectivity index (χ0v) is 7.75. The Morgan fingerprint density at radius 2 is 2.38 bits per heavy atom. The summed E-state index contributed by atoms with van der Waals surface area (Å²) in [5.41, 5.74) is 4.43. The molecule has 0 aromatic heterocycles. The molecule has 0 bridgehead atoms. The molecule has 0 fully saturated rings. The average molecular weight is 198 g/mol. The van der Waals surface area contributed by atoms with E-state index in [4.69, 9.17) is 16.4 Å². The van der Waals surface area contributed by atoms with Crippen molar-refractivity contribution >= 4 is 23.7 Å². The van der Waals surface area contributed by atoms with Gasteiger partial charge in [-0.2, -0.15) is 5.12 Å². The summed E-state index contributed by atoms with van der Waals surface area (Å²) < 4.78 is 0. The summed E-state index contributed by atoms with van der Waals surface area (Å²) in [6, 6.07) is 5.60. The van der Waals surface area contributed by atoms with Crippen LogP contribution in [0, 0.1) is 6.92 Å². The van der Waals surface area contributed by atoms with Gasteiger partial charge in [-0.15, -0.1) is 5.10 Å². The number of anilines is 1. The third-order valence-corrected chi connectivity index (χ3v) is 2.23. The molecule has 5 heteroatoms. The number of nitrogens with zero attached hydrogens (tertiary/aromatic N) is 2. The van der Waals surface area contributed by atoms with Crippen LogP contribution in [0.2, 0.25) is 5.02 Å². The molecular weight excluding hydrogens is 190 g/mol. The summed E-state index contributed by atoms with van der Waals surface area (Å²) in [5.74, 6) is 0. The third-order valence-electron chi connectivity index (χ3n) is 1.82. The summed E-state index contributed by atoms with van der Waals surface area (Å²) in [6.07, 6.45) is 1.32. The largest absolute Gasteiger partial charge is 0.373 e. The lowest BCUT2D eigenvalue weighted by Crippen LogP contribution is -2.27. The minimum absolute atomic E-state index is 0.710. The number of benzene rings is 1. The lowest BCUT2D eigenvalue weighted by atomic mass is 10.2. The Bertz CT molecular complexity index is 353. The smallest absolute Gasteiger partial charge is 0.223 e. The first-order valence-corrected chi connectivity index (χ1v) is 4.16. The average Bonchev–Trinajstić information content (AvgIpc) is 2.62. The van der Waals surface area contributed by atoms with Gasteiger partial charge in [0, 0.05) is 5.02 Å². The highest BCUT2D eigenvalue weighted by Gasteiger charge is 2.12. The lowest BCUT2D eigenvalue weighted by Gasteiger charge is -2.14. The van der Waals surface area contributed by atoms with Crippen LogP contribution in [0.3, 0.4) is 0 Å². The van der Waals surface area contributed by atoms with Crippen molar-refractivity contribution in [3.05, 3.63) is 28.8 Å². The van der Waals surface area contributed by atoms with Gasteiger partial charge in [-0.3, -0.25) is 0 Å². The fourth-order valence-electron chi connectivity index (χ4n) is 1.10. The van der Waals surface area contributed by atoms with Crippen LogP contribution < -0.4 is 10.7 Å². The predicted molar refractivity (Wildman–Crippen MR) is 51.4 cm³/mol. The molecule has 2 rings (SSSR count). The van der Waals surface area contributed by atoms with Gasteiger partial charge in [-0.05, 0) is 30.2 Å². The van der Waals surface area contributed by atoms with Crippen LogP contribution in [0.1, 0.15) is 5.56 Å². The highest BCUT2D eigenvalue weighted by Crippen LogP contribution is 2.26. The Kier molecular flexibility index (Phi) is 2.08. The van der Waals surface area contributed by atoms with Crippen molar-refractivity contribution in [3.63, 3.8) is 0 Å². The number of rotatable bonds is 1. The van der Waals surface area contributed by atoms with Crippen LogP contribution in [-0.4, -0.2) is 6.40 Å². The minimum Gasteiger partial charge on any atom is -0.373 e. The van der Waals surface area contributed by atoms with Gasteiger partial charge in [0.05, 0.1) is 5.69 Å². The Hall–Kier alpha value is -1.26. The molecule has 0 spiro atoms. The molecular formula is C8H8ClN3O. The molecule has 0 saturated carbocycles. The maximum atomic E-state index is 5.95. The molecule has 1 aromatic carbocycles. The van der Waals surface area contributed by atoms with Crippen LogP contribution >= 0.6 is 11.6 Å². The summed E-state index contributed by atoms with van der Waals surface area (Å²) in [7, 11) is 0. The molecule has 0 unspecified atom stereocenters. The normalized spacial score (nSPS) is 14.8. The van der Waals surface area contributed by atoms with Gasteiger partial charge in [0.1, 0.15) is 0 Å². The highest BCUT2D eigenvalue weighted by atomic mass is 35.5. The standard InChI is InChI=1S/C8H8ClN3O/c1-6-7(9)3-2-4-8(6)12-10-5-13-11-12/h2-5,11H,1H3. The van der Waals surface area contributed by atoms with E-state index in [0.717, 1.165) is 11.3 Å². The molecule has 1 aromatic rings. The van der Waals surface area contributed by atoms with Gasteiger partial charge in [0.2, 0.25) is 6.40 Å². The molecule has 0 aliphatic carbocycles. The fraction of sp³-hybridized carbons (Fsp3) is 0.125. The van der Waals surface area contributed by atoms with E-state index in [-0.39, 0.29) is 0 Å². The van der Waals surface area contributed by atoms with E-state index in [1.54, 1.807) is 0 Å². The van der Waals surface area contributed by atoms with E-state index in [0.29, 0.717) is 5.02 Å². The number of halogens is 1. The van der Waals surface area contributed by atoms with E-state index in [1.807, 2.05) is 25.1 Å². The maximum Gasteiger partial charge on any atom is 0.223 e. The van der Waals surface area contributed by atoms with E-state index in [9.17, 15) is 0 Å². The zero-order chi connectivity index (χ0) is 9.26. The molecule has 68 valence electrons. The first kappa shape index (κ1) is 8.34. The topological polar surface area (TPSA) is 36.9 Å². The predicted octanol–water partition coefficient (Wildman–Crippen LogP) is 1.85. The van der Waals surface area contributed by atoms with Crippen molar-refractivity contribution in [1.29, 1.82) is 0 Å². The van der Waals surface area contributed by atoms with Crippen LogP contribution in [0.25, 0.3) is 0 Å². The minimum atomic E-state index is 0.710. The van der Waals surface area contributed by atoms with E-state index < -0.39 is 0 Å². The van der Waals surface area contributed by atoms with Crippen LogP contribution in [0.4, 0.5) is 5.69 Å². The second kappa shape index (κ2) is 3.24. The molecule has 0 atom stereocenters. The number of hydrogen-bond donors (Lipinski definition) is 1. The van der Waals surface area contributed by atoms with E-state index >= 15 is 0 Å². The third kappa shape index (κ3) is 1.46. The number of hydrazone groups is 1. The fourth-order valence-corrected chi connectivity index (χ4v) is 1.27. The monoisotopic (exact) mass is 197 g/mol. The van der Waals surface area contributed by atoms with Gasteiger partial charge in [0.25, 0.3) is 0 Å². The van der Waals surface area contributed by atoms with Crippen molar-refractivity contribution in [2.24, 2.45) is 5.10 Å². The highest BCUT2D eigenvalue weighted by molar-refractivity contribution is 6.31. The van der Waals surface area contributed by atoms with Crippen molar-refractivity contribution in [3.8, 4) is 0 Å². The number of hydrogen-bond acceptors (Lipinski definition) is 4. The van der Waals surface area contributed by atoms with Gasteiger partial charge >= 0.3 is 0 Å². The van der Waals surface area contributed by atoms with E-state index in [1.165, 1.54) is 11.5 Å². The first-order valence-electron chi connectivity index (χ1n) is 3.78. The molecule has 1 N–H and O–H groups in total. The Labute approximate surface area is 80.7 Å². The summed E-state index contributed by atoms with van der Waals surface area (Å²) in [4.78, 5) is 4.75. The Balaban J connectivity index is 2.39. The SMILES string of the molecule is Cc1c(Cl)cccc1N1N=CON1. The molecule has 1 heterocycles. The Morgan fingerprint density at radius 3 is 3.08 bits per heavy atom. The number of nitrogens with one attached hydrogen (secondary N) is 1.